The highest BCUT2D eigenvalue weighted by Gasteiger charge is 2.63. The first-order valence-electron chi connectivity index (χ1n) is 17.2. The van der Waals surface area contributed by atoms with E-state index in [-0.39, 0.29) is 31.2 Å². The van der Waals surface area contributed by atoms with Gasteiger partial charge in [-0.1, -0.05) is 50.1 Å². The number of sulfonamides is 1. The molecular weight excluding hydrogens is 702 g/mol. The predicted octanol–water partition coefficient (Wildman–Crippen LogP) is 3.77. The lowest BCUT2D eigenvalue weighted by atomic mass is 9.92. The summed E-state index contributed by atoms with van der Waals surface area (Å²) in [6.07, 6.45) is 6.06. The van der Waals surface area contributed by atoms with Crippen LogP contribution in [0.1, 0.15) is 65.7 Å². The van der Waals surface area contributed by atoms with Crippen LogP contribution in [0, 0.1) is 17.8 Å². The van der Waals surface area contributed by atoms with Gasteiger partial charge in [-0.3, -0.25) is 19.1 Å². The van der Waals surface area contributed by atoms with Gasteiger partial charge in [0.25, 0.3) is 5.91 Å². The standard InChI is InChI=1S/C35H44ClN5O9S/c1-19-7-5-8-20(2)28(38-33(45)46)31(43)41-18-22(50-30-23-9-6-10-24(36)27(23)26(49-4)17-37-30)15-25(41)29(42)39-35(16-21(35)12-11-19)32(44)40-51(47,48)34(3)13-14-34/h6,9-12,17,19-22,25,28,38H,5,7-8,13-16,18H2,1-4H3,(H,39,42)(H,40,44)(H,45,46)/b12-11-/t19-,20-,21-,22-,25+,28+,35-/m1/s1. The monoisotopic (exact) mass is 745 g/mol. The van der Waals surface area contributed by atoms with Crippen molar-refractivity contribution < 1.29 is 42.2 Å². The van der Waals surface area contributed by atoms with Gasteiger partial charge in [0, 0.05) is 23.1 Å². The Morgan fingerprint density at radius 2 is 1.90 bits per heavy atom. The molecule has 2 aromatic rings. The van der Waals surface area contributed by atoms with Gasteiger partial charge in [-0.05, 0) is 63.0 Å². The molecule has 1 aromatic heterocycles. The molecule has 0 bridgehead atoms. The van der Waals surface area contributed by atoms with Gasteiger partial charge in [0.05, 0.1) is 29.6 Å². The second-order valence-electron chi connectivity index (χ2n) is 14.6. The fourth-order valence-electron chi connectivity index (χ4n) is 7.16. The summed E-state index contributed by atoms with van der Waals surface area (Å²) in [5.41, 5.74) is -1.56. The van der Waals surface area contributed by atoms with E-state index in [1.807, 2.05) is 19.1 Å². The van der Waals surface area contributed by atoms with Crippen LogP contribution in [0.2, 0.25) is 5.02 Å². The second kappa shape index (κ2) is 13.8. The number of nitrogens with one attached hydrogen (secondary N) is 3. The zero-order valence-corrected chi connectivity index (χ0v) is 30.6. The molecule has 0 unspecified atom stereocenters. The summed E-state index contributed by atoms with van der Waals surface area (Å²) in [7, 11) is -2.52. The largest absolute Gasteiger partial charge is 0.494 e. The molecule has 16 heteroatoms. The molecule has 276 valence electrons. The molecule has 14 nitrogen and oxygen atoms in total. The molecule has 2 aliphatic carbocycles. The number of halogens is 1. The predicted molar refractivity (Wildman–Crippen MR) is 188 cm³/mol. The van der Waals surface area contributed by atoms with E-state index < -0.39 is 74.1 Å². The summed E-state index contributed by atoms with van der Waals surface area (Å²) in [5, 5.41) is 16.5. The van der Waals surface area contributed by atoms with E-state index in [0.717, 1.165) is 6.42 Å². The maximum absolute atomic E-state index is 14.3. The first kappa shape index (κ1) is 36.7. The smallest absolute Gasteiger partial charge is 0.405 e. The average Bonchev–Trinajstić information content (AvgIpc) is 3.96. The van der Waals surface area contributed by atoms with Gasteiger partial charge in [-0.15, -0.1) is 0 Å². The van der Waals surface area contributed by atoms with E-state index in [2.05, 4.69) is 20.3 Å². The van der Waals surface area contributed by atoms with Gasteiger partial charge in [0.1, 0.15) is 29.5 Å². The Morgan fingerprint density at radius 3 is 2.59 bits per heavy atom. The zero-order valence-electron chi connectivity index (χ0n) is 29.0. The van der Waals surface area contributed by atoms with Gasteiger partial charge in [-0.25, -0.2) is 18.2 Å². The number of carboxylic acid groups (broad SMARTS) is 1. The Kier molecular flexibility index (Phi) is 9.92. The van der Waals surface area contributed by atoms with Gasteiger partial charge < -0.3 is 30.1 Å². The molecule has 1 saturated heterocycles. The maximum atomic E-state index is 14.3. The number of hydrogen-bond acceptors (Lipinski definition) is 9. The highest BCUT2D eigenvalue weighted by molar-refractivity contribution is 7.91. The molecule has 1 aromatic carbocycles. The van der Waals surface area contributed by atoms with Crippen LogP contribution in [0.5, 0.6) is 11.6 Å². The van der Waals surface area contributed by atoms with Crippen molar-refractivity contribution in [1.82, 2.24) is 25.2 Å². The normalized spacial score (nSPS) is 31.2. The van der Waals surface area contributed by atoms with Crippen molar-refractivity contribution >= 4 is 56.2 Å². The van der Waals surface area contributed by atoms with Crippen LogP contribution < -0.4 is 24.8 Å². The lowest BCUT2D eigenvalue weighted by Gasteiger charge is -2.31. The Hall–Kier alpha value is -4.11. The molecular formula is C35H44ClN5O9S. The number of carbonyl (C=O) groups excluding carboxylic acids is 3. The van der Waals surface area contributed by atoms with Crippen LogP contribution in [-0.2, 0) is 24.4 Å². The Bertz CT molecular complexity index is 1890. The molecule has 3 fully saturated rings. The van der Waals surface area contributed by atoms with Gasteiger partial charge >= 0.3 is 6.09 Å². The van der Waals surface area contributed by atoms with Crippen molar-refractivity contribution in [3.63, 3.8) is 0 Å². The van der Waals surface area contributed by atoms with Crippen molar-refractivity contribution in [3.05, 3.63) is 41.6 Å². The minimum Gasteiger partial charge on any atom is -0.494 e. The first-order chi connectivity index (χ1) is 24.1. The van der Waals surface area contributed by atoms with E-state index in [1.165, 1.54) is 18.2 Å². The highest BCUT2D eigenvalue weighted by Crippen LogP contribution is 2.48. The third-order valence-corrected chi connectivity index (χ3v) is 13.3. The quantitative estimate of drug-likeness (QED) is 0.303. The van der Waals surface area contributed by atoms with Gasteiger partial charge in [0.15, 0.2) is 0 Å². The molecule has 0 spiro atoms. The number of amides is 4. The number of aromatic nitrogens is 1. The van der Waals surface area contributed by atoms with E-state index in [0.29, 0.717) is 47.2 Å². The number of methoxy groups -OCH3 is 1. The molecule has 6 rings (SSSR count). The number of nitrogens with zero attached hydrogens (tertiary/aromatic N) is 2. The molecule has 4 N–H and O–H groups in total. The molecule has 2 aliphatic heterocycles. The van der Waals surface area contributed by atoms with Gasteiger partial charge in [0.2, 0.25) is 27.7 Å². The van der Waals surface area contributed by atoms with Crippen molar-refractivity contribution in [2.45, 2.75) is 94.2 Å². The summed E-state index contributed by atoms with van der Waals surface area (Å²) >= 11 is 6.50. The van der Waals surface area contributed by atoms with Crippen LogP contribution >= 0.6 is 11.6 Å². The summed E-state index contributed by atoms with van der Waals surface area (Å²) in [4.78, 5) is 60.1. The lowest BCUT2D eigenvalue weighted by molar-refractivity contribution is -0.142. The minimum absolute atomic E-state index is 0.0207. The number of pyridine rings is 1. The van der Waals surface area contributed by atoms with Crippen LogP contribution in [0.15, 0.2) is 36.5 Å². The fourth-order valence-corrected chi connectivity index (χ4v) is 8.74. The fraction of sp³-hybridized carbons (Fsp3) is 0.571. The topological polar surface area (TPSA) is 193 Å². The third-order valence-electron chi connectivity index (χ3n) is 10.8. The third kappa shape index (κ3) is 7.19. The lowest BCUT2D eigenvalue weighted by Crippen LogP contribution is -2.59. The molecule has 2 saturated carbocycles. The molecule has 3 heterocycles. The van der Waals surface area contributed by atoms with Crippen LogP contribution in [0.25, 0.3) is 10.8 Å². The Balaban J connectivity index is 1.35. The van der Waals surface area contributed by atoms with Gasteiger partial charge in [-0.2, -0.15) is 0 Å². The van der Waals surface area contributed by atoms with E-state index in [1.54, 1.807) is 32.0 Å². The minimum atomic E-state index is -4.01. The van der Waals surface area contributed by atoms with E-state index in [4.69, 9.17) is 21.1 Å². The Labute approximate surface area is 301 Å². The number of benzene rings is 1. The van der Waals surface area contributed by atoms with E-state index in [9.17, 15) is 32.7 Å². The molecule has 4 amide bonds. The number of hydrogen-bond donors (Lipinski definition) is 4. The summed E-state index contributed by atoms with van der Waals surface area (Å²) in [6, 6.07) is 2.84. The number of ether oxygens (including phenoxy) is 2. The SMILES string of the molecule is COc1cnc(O[C@@H]2C[C@H]3C(=O)N[C@]4(C(=O)NS(=O)(=O)C5(C)CC5)C[C@H]4/C=C\[C@H](C)CCC[C@@H](C)[C@H](NC(=O)O)C(=O)N3C2)c2cccc(Cl)c12. The summed E-state index contributed by atoms with van der Waals surface area (Å²) in [6.45, 7) is 5.27. The van der Waals surface area contributed by atoms with Crippen LogP contribution in [-0.4, -0.2) is 89.4 Å². The number of carbonyl (C=O) groups is 4. The zero-order chi connectivity index (χ0) is 36.9. The molecule has 7 atom stereocenters. The first-order valence-corrected chi connectivity index (χ1v) is 19.1. The molecule has 51 heavy (non-hydrogen) atoms. The second-order valence-corrected chi connectivity index (χ2v) is 17.2. The summed E-state index contributed by atoms with van der Waals surface area (Å²) < 4.78 is 39.2. The number of rotatable bonds is 7. The van der Waals surface area contributed by atoms with Crippen molar-refractivity contribution in [1.29, 1.82) is 0 Å². The molecule has 0 radical (unpaired) electrons. The Morgan fingerprint density at radius 1 is 1.16 bits per heavy atom. The number of allylic oxidation sites excluding steroid dienone is 1. The average molecular weight is 746 g/mol. The van der Waals surface area contributed by atoms with Crippen molar-refractivity contribution in [2.24, 2.45) is 17.8 Å². The number of fused-ring (bicyclic) bond motifs is 3. The van der Waals surface area contributed by atoms with Crippen LogP contribution in [0.4, 0.5) is 4.79 Å². The molecule has 4 aliphatic rings. The highest BCUT2D eigenvalue weighted by atomic mass is 35.5. The summed E-state index contributed by atoms with van der Waals surface area (Å²) in [5.74, 6) is -2.31. The van der Waals surface area contributed by atoms with E-state index >= 15 is 0 Å². The van der Waals surface area contributed by atoms with Crippen molar-refractivity contribution in [3.8, 4) is 11.6 Å². The van der Waals surface area contributed by atoms with Crippen molar-refractivity contribution in [2.75, 3.05) is 13.7 Å². The van der Waals surface area contributed by atoms with Crippen LogP contribution in [0.3, 0.4) is 0 Å². The maximum Gasteiger partial charge on any atom is 0.405 e.